The summed E-state index contributed by atoms with van der Waals surface area (Å²) in [6, 6.07) is 7.30. The second kappa shape index (κ2) is 7.55. The molecule has 0 unspecified atom stereocenters. The van der Waals surface area contributed by atoms with Crippen LogP contribution in [0.15, 0.2) is 24.3 Å². The lowest BCUT2D eigenvalue weighted by atomic mass is 10.0. The fraction of sp³-hybridized carbons (Fsp3) is 0.600. The van der Waals surface area contributed by atoms with Crippen LogP contribution >= 0.6 is 0 Å². The third kappa shape index (κ3) is 4.15. The SMILES string of the molecule is CCOc1cccc([C@H](CC(F)F)N2CCNCC2)c1. The molecular formula is C15H22F2N2O. The van der Waals surface area contributed by atoms with Gasteiger partial charge in [0.05, 0.1) is 6.61 Å². The number of hydrogen-bond donors (Lipinski definition) is 1. The quantitative estimate of drug-likeness (QED) is 0.869. The maximum atomic E-state index is 12.9. The highest BCUT2D eigenvalue weighted by atomic mass is 19.3. The Morgan fingerprint density at radius 1 is 1.30 bits per heavy atom. The Kier molecular flexibility index (Phi) is 5.73. The number of rotatable bonds is 6. The summed E-state index contributed by atoms with van der Waals surface area (Å²) in [5, 5.41) is 3.25. The van der Waals surface area contributed by atoms with Crippen LogP contribution in [-0.4, -0.2) is 44.1 Å². The van der Waals surface area contributed by atoms with Gasteiger partial charge in [-0.25, -0.2) is 8.78 Å². The normalized spacial score (nSPS) is 18.2. The molecular weight excluding hydrogens is 262 g/mol. The van der Waals surface area contributed by atoms with Crippen LogP contribution in [0.4, 0.5) is 8.78 Å². The molecule has 3 nitrogen and oxygen atoms in total. The average Bonchev–Trinajstić information content (AvgIpc) is 2.46. The van der Waals surface area contributed by atoms with Gasteiger partial charge < -0.3 is 10.1 Å². The van der Waals surface area contributed by atoms with Crippen molar-refractivity contribution in [3.63, 3.8) is 0 Å². The molecule has 0 amide bonds. The largest absolute Gasteiger partial charge is 0.494 e. The lowest BCUT2D eigenvalue weighted by Crippen LogP contribution is -2.45. The number of piperazine rings is 1. The predicted molar refractivity (Wildman–Crippen MR) is 75.4 cm³/mol. The van der Waals surface area contributed by atoms with Gasteiger partial charge in [-0.3, -0.25) is 4.90 Å². The third-order valence-corrected chi connectivity index (χ3v) is 3.55. The van der Waals surface area contributed by atoms with Gasteiger partial charge in [-0.1, -0.05) is 12.1 Å². The molecule has 1 saturated heterocycles. The van der Waals surface area contributed by atoms with E-state index in [9.17, 15) is 8.78 Å². The van der Waals surface area contributed by atoms with Gasteiger partial charge in [0.1, 0.15) is 5.75 Å². The molecule has 0 spiro atoms. The summed E-state index contributed by atoms with van der Waals surface area (Å²) < 4.78 is 31.3. The van der Waals surface area contributed by atoms with Gasteiger partial charge in [-0.15, -0.1) is 0 Å². The van der Waals surface area contributed by atoms with E-state index in [4.69, 9.17) is 4.74 Å². The van der Waals surface area contributed by atoms with Gasteiger partial charge in [0.2, 0.25) is 6.43 Å². The highest BCUT2D eigenvalue weighted by molar-refractivity contribution is 5.30. The molecule has 0 radical (unpaired) electrons. The first kappa shape index (κ1) is 15.2. The second-order valence-electron chi connectivity index (χ2n) is 4.93. The van der Waals surface area contributed by atoms with Crippen LogP contribution in [0.3, 0.4) is 0 Å². The monoisotopic (exact) mass is 284 g/mol. The summed E-state index contributed by atoms with van der Waals surface area (Å²) in [4.78, 5) is 2.13. The Morgan fingerprint density at radius 2 is 2.05 bits per heavy atom. The molecule has 0 bridgehead atoms. The number of halogens is 2. The lowest BCUT2D eigenvalue weighted by molar-refractivity contribution is 0.0738. The van der Waals surface area contributed by atoms with Gasteiger partial charge in [0, 0.05) is 38.6 Å². The number of ether oxygens (including phenoxy) is 1. The summed E-state index contributed by atoms with van der Waals surface area (Å²) in [7, 11) is 0. The standard InChI is InChI=1S/C15H22F2N2O/c1-2-20-13-5-3-4-12(10-13)14(11-15(16)17)19-8-6-18-7-9-19/h3-5,10,14-15,18H,2,6-9,11H2,1H3/t14-/m0/s1. The van der Waals surface area contributed by atoms with Crippen LogP contribution in [0, 0.1) is 0 Å². The van der Waals surface area contributed by atoms with E-state index in [1.54, 1.807) is 0 Å². The van der Waals surface area contributed by atoms with Gasteiger partial charge in [-0.2, -0.15) is 0 Å². The first-order chi connectivity index (χ1) is 9.70. The molecule has 5 heteroatoms. The van der Waals surface area contributed by atoms with Gasteiger partial charge in [-0.05, 0) is 24.6 Å². The van der Waals surface area contributed by atoms with Crippen molar-refractivity contribution in [1.29, 1.82) is 0 Å². The third-order valence-electron chi connectivity index (χ3n) is 3.55. The molecule has 112 valence electrons. The zero-order chi connectivity index (χ0) is 14.4. The summed E-state index contributed by atoms with van der Waals surface area (Å²) in [6.45, 7) is 5.80. The van der Waals surface area contributed by atoms with Gasteiger partial charge >= 0.3 is 0 Å². The van der Waals surface area contributed by atoms with Crippen molar-refractivity contribution < 1.29 is 13.5 Å². The van der Waals surface area contributed by atoms with Crippen molar-refractivity contribution in [2.24, 2.45) is 0 Å². The number of alkyl halides is 2. The molecule has 1 aromatic carbocycles. The van der Waals surface area contributed by atoms with E-state index in [0.29, 0.717) is 6.61 Å². The average molecular weight is 284 g/mol. The van der Waals surface area contributed by atoms with E-state index in [-0.39, 0.29) is 12.5 Å². The Bertz CT molecular complexity index is 409. The molecule has 1 atom stereocenters. The minimum Gasteiger partial charge on any atom is -0.494 e. The summed E-state index contributed by atoms with van der Waals surface area (Å²) in [5.74, 6) is 0.749. The van der Waals surface area contributed by atoms with Gasteiger partial charge in [0.25, 0.3) is 0 Å². The molecule has 0 aliphatic carbocycles. The summed E-state index contributed by atoms with van der Waals surface area (Å²) in [6.07, 6.45) is -2.43. The first-order valence-corrected chi connectivity index (χ1v) is 7.16. The topological polar surface area (TPSA) is 24.5 Å². The van der Waals surface area contributed by atoms with E-state index >= 15 is 0 Å². The molecule has 20 heavy (non-hydrogen) atoms. The van der Waals surface area contributed by atoms with Crippen LogP contribution in [-0.2, 0) is 0 Å². The number of benzene rings is 1. The zero-order valence-electron chi connectivity index (χ0n) is 11.8. The van der Waals surface area contributed by atoms with Crippen LogP contribution in [0.25, 0.3) is 0 Å². The van der Waals surface area contributed by atoms with E-state index in [1.165, 1.54) is 0 Å². The van der Waals surface area contributed by atoms with Crippen molar-refractivity contribution >= 4 is 0 Å². The molecule has 2 rings (SSSR count). The minimum atomic E-state index is -2.30. The molecule has 1 heterocycles. The van der Waals surface area contributed by atoms with Crippen LogP contribution in [0.1, 0.15) is 24.9 Å². The maximum Gasteiger partial charge on any atom is 0.240 e. The predicted octanol–water partition coefficient (Wildman–Crippen LogP) is 2.69. The van der Waals surface area contributed by atoms with E-state index in [0.717, 1.165) is 37.5 Å². The Morgan fingerprint density at radius 3 is 2.70 bits per heavy atom. The van der Waals surface area contributed by atoms with Crippen LogP contribution < -0.4 is 10.1 Å². The Balaban J connectivity index is 2.18. The van der Waals surface area contributed by atoms with Crippen molar-refractivity contribution in [2.45, 2.75) is 25.8 Å². The summed E-state index contributed by atoms with van der Waals surface area (Å²) in [5.41, 5.74) is 0.915. The van der Waals surface area contributed by atoms with E-state index in [2.05, 4.69) is 10.2 Å². The van der Waals surface area contributed by atoms with Crippen molar-refractivity contribution in [3.8, 4) is 5.75 Å². The molecule has 0 aromatic heterocycles. The smallest absolute Gasteiger partial charge is 0.240 e. The van der Waals surface area contributed by atoms with E-state index < -0.39 is 6.43 Å². The van der Waals surface area contributed by atoms with Crippen LogP contribution in [0.2, 0.25) is 0 Å². The second-order valence-corrected chi connectivity index (χ2v) is 4.93. The highest BCUT2D eigenvalue weighted by Gasteiger charge is 2.25. The maximum absolute atomic E-state index is 12.9. The minimum absolute atomic E-state index is 0.129. The van der Waals surface area contributed by atoms with Crippen molar-refractivity contribution in [2.75, 3.05) is 32.8 Å². The van der Waals surface area contributed by atoms with Crippen LogP contribution in [0.5, 0.6) is 5.75 Å². The molecule has 1 N–H and O–H groups in total. The van der Waals surface area contributed by atoms with Crippen molar-refractivity contribution in [3.05, 3.63) is 29.8 Å². The Hall–Kier alpha value is -1.20. The number of nitrogens with one attached hydrogen (secondary N) is 1. The molecule has 1 aliphatic heterocycles. The van der Waals surface area contributed by atoms with Crippen molar-refractivity contribution in [1.82, 2.24) is 10.2 Å². The van der Waals surface area contributed by atoms with E-state index in [1.807, 2.05) is 31.2 Å². The zero-order valence-corrected chi connectivity index (χ0v) is 11.8. The summed E-state index contributed by atoms with van der Waals surface area (Å²) >= 11 is 0. The van der Waals surface area contributed by atoms with Gasteiger partial charge in [0.15, 0.2) is 0 Å². The molecule has 1 fully saturated rings. The number of hydrogen-bond acceptors (Lipinski definition) is 3. The molecule has 1 aromatic rings. The molecule has 0 saturated carbocycles. The fourth-order valence-corrected chi connectivity index (χ4v) is 2.64. The molecule has 1 aliphatic rings. The lowest BCUT2D eigenvalue weighted by Gasteiger charge is -2.35. The first-order valence-electron chi connectivity index (χ1n) is 7.16. The Labute approximate surface area is 118 Å². The number of nitrogens with zero attached hydrogens (tertiary/aromatic N) is 1. The fourth-order valence-electron chi connectivity index (χ4n) is 2.64. The highest BCUT2D eigenvalue weighted by Crippen LogP contribution is 2.29.